The molecule has 0 aromatic heterocycles. The van der Waals surface area contributed by atoms with Gasteiger partial charge in [-0.25, -0.2) is 16.8 Å². The topological polar surface area (TPSA) is 113 Å². The number of halogens is 2. The average molecular weight is 585 g/mol. The first-order valence-corrected chi connectivity index (χ1v) is 15.1. The van der Waals surface area contributed by atoms with Gasteiger partial charge in [0.25, 0.3) is 10.0 Å². The maximum absolute atomic E-state index is 12.7. The number of nitrogens with zero attached hydrogens (tertiary/aromatic N) is 1. The number of nitrogens with one attached hydrogen (secondary N) is 2. The van der Waals surface area contributed by atoms with Crippen LogP contribution in [0.1, 0.15) is 26.3 Å². The molecule has 0 spiro atoms. The molecular weight excluding hydrogens is 557 g/mol. The van der Waals surface area contributed by atoms with Gasteiger partial charge < -0.3 is 5.32 Å². The molecule has 2 N–H and O–H groups in total. The lowest BCUT2D eigenvalue weighted by atomic mass is 9.87. The molecule has 0 heterocycles. The van der Waals surface area contributed by atoms with Crippen LogP contribution in [0, 0.1) is 0 Å². The van der Waals surface area contributed by atoms with E-state index in [1.54, 1.807) is 12.1 Å². The van der Waals surface area contributed by atoms with E-state index in [4.69, 9.17) is 23.2 Å². The summed E-state index contributed by atoms with van der Waals surface area (Å²) in [7, 11) is -7.70. The van der Waals surface area contributed by atoms with Crippen molar-refractivity contribution in [1.82, 2.24) is 0 Å². The van der Waals surface area contributed by atoms with Crippen molar-refractivity contribution >= 4 is 66.2 Å². The van der Waals surface area contributed by atoms with Gasteiger partial charge in [-0.1, -0.05) is 56.1 Å². The lowest BCUT2D eigenvalue weighted by Gasteiger charge is -2.24. The van der Waals surface area contributed by atoms with Gasteiger partial charge in [0, 0.05) is 15.7 Å². The molecule has 37 heavy (non-hydrogen) atoms. The van der Waals surface area contributed by atoms with Crippen molar-refractivity contribution in [2.24, 2.45) is 0 Å². The number of sulfonamides is 2. The lowest BCUT2D eigenvalue weighted by molar-refractivity contribution is -0.114. The van der Waals surface area contributed by atoms with E-state index in [9.17, 15) is 21.6 Å². The van der Waals surface area contributed by atoms with Gasteiger partial charge >= 0.3 is 0 Å². The number of benzene rings is 3. The Morgan fingerprint density at radius 1 is 0.838 bits per heavy atom. The summed E-state index contributed by atoms with van der Waals surface area (Å²) in [5.74, 6) is -0.590. The Morgan fingerprint density at radius 3 is 1.86 bits per heavy atom. The second kappa shape index (κ2) is 10.9. The summed E-state index contributed by atoms with van der Waals surface area (Å²) in [6.45, 7) is 5.68. The Morgan fingerprint density at radius 2 is 1.38 bits per heavy atom. The first-order valence-electron chi connectivity index (χ1n) is 11.0. The molecule has 0 saturated heterocycles. The van der Waals surface area contributed by atoms with Crippen molar-refractivity contribution < 1.29 is 21.6 Å². The van der Waals surface area contributed by atoms with Crippen LogP contribution >= 0.6 is 23.2 Å². The highest BCUT2D eigenvalue weighted by Gasteiger charge is 2.22. The SMILES string of the molecule is CC(C)(C)c1ccc(N(CC(=O)Nc2ccc(S(=O)(=O)Nc3cc(Cl)cc(Cl)c3)cc2)S(C)(=O)=O)cc1. The molecule has 0 aliphatic carbocycles. The van der Waals surface area contributed by atoms with E-state index >= 15 is 0 Å². The fourth-order valence-corrected chi connectivity index (χ4v) is 5.83. The molecule has 1 amide bonds. The largest absolute Gasteiger partial charge is 0.325 e. The second-order valence-electron chi connectivity index (χ2n) is 9.40. The molecule has 0 radical (unpaired) electrons. The zero-order chi connectivity index (χ0) is 27.6. The number of hydrogen-bond donors (Lipinski definition) is 2. The molecule has 0 aliphatic rings. The Bertz CT molecular complexity index is 1480. The van der Waals surface area contributed by atoms with Crippen LogP contribution in [0.2, 0.25) is 10.0 Å². The van der Waals surface area contributed by atoms with Crippen molar-refractivity contribution in [3.05, 3.63) is 82.3 Å². The van der Waals surface area contributed by atoms with Crippen LogP contribution in [-0.2, 0) is 30.3 Å². The van der Waals surface area contributed by atoms with Crippen LogP contribution in [0.4, 0.5) is 17.1 Å². The summed E-state index contributed by atoms with van der Waals surface area (Å²) in [6.07, 6.45) is 1.03. The van der Waals surface area contributed by atoms with Crippen molar-refractivity contribution in [3.63, 3.8) is 0 Å². The zero-order valence-corrected chi connectivity index (χ0v) is 23.8. The lowest BCUT2D eigenvalue weighted by Crippen LogP contribution is -2.37. The third-order valence-corrected chi connectivity index (χ3v) is 8.25. The van der Waals surface area contributed by atoms with Crippen LogP contribution in [0.5, 0.6) is 0 Å². The third kappa shape index (κ3) is 7.85. The predicted molar refractivity (Wildman–Crippen MR) is 150 cm³/mol. The second-order valence-corrected chi connectivity index (χ2v) is 13.9. The number of anilines is 3. The van der Waals surface area contributed by atoms with E-state index in [0.717, 1.165) is 16.1 Å². The minimum atomic E-state index is -3.95. The van der Waals surface area contributed by atoms with Gasteiger partial charge in [-0.15, -0.1) is 0 Å². The number of rotatable bonds is 8. The standard InChI is InChI=1S/C25H27Cl2N3O5S2/c1-25(2,3)17-5-9-22(10-6-17)30(36(4,32)33)16-24(31)28-20-7-11-23(12-8-20)37(34,35)29-21-14-18(26)13-19(27)15-21/h5-15,29H,16H2,1-4H3,(H,28,31). The highest BCUT2D eigenvalue weighted by Crippen LogP contribution is 2.27. The van der Waals surface area contributed by atoms with Crippen molar-refractivity contribution in [2.75, 3.05) is 27.1 Å². The van der Waals surface area contributed by atoms with Crippen molar-refractivity contribution in [3.8, 4) is 0 Å². The normalized spacial score (nSPS) is 12.2. The van der Waals surface area contributed by atoms with E-state index in [1.807, 2.05) is 32.9 Å². The van der Waals surface area contributed by atoms with Crippen LogP contribution < -0.4 is 14.3 Å². The molecule has 3 aromatic rings. The van der Waals surface area contributed by atoms with Crippen LogP contribution in [0.15, 0.2) is 71.6 Å². The molecule has 198 valence electrons. The van der Waals surface area contributed by atoms with E-state index in [1.165, 1.54) is 42.5 Å². The monoisotopic (exact) mass is 583 g/mol. The number of hydrogen-bond acceptors (Lipinski definition) is 5. The summed E-state index contributed by atoms with van der Waals surface area (Å²) >= 11 is 11.8. The summed E-state index contributed by atoms with van der Waals surface area (Å²) in [5, 5.41) is 3.15. The number of carbonyl (C=O) groups is 1. The molecule has 3 aromatic carbocycles. The minimum Gasteiger partial charge on any atom is -0.325 e. The van der Waals surface area contributed by atoms with Gasteiger partial charge in [0.05, 0.1) is 22.5 Å². The maximum atomic E-state index is 12.7. The number of carbonyl (C=O) groups excluding carboxylic acids is 1. The fourth-order valence-electron chi connectivity index (χ4n) is 3.40. The zero-order valence-electron chi connectivity index (χ0n) is 20.6. The van der Waals surface area contributed by atoms with Crippen molar-refractivity contribution in [2.45, 2.75) is 31.1 Å². The van der Waals surface area contributed by atoms with Crippen molar-refractivity contribution in [1.29, 1.82) is 0 Å². The molecule has 8 nitrogen and oxygen atoms in total. The fraction of sp³-hybridized carbons (Fsp3) is 0.240. The van der Waals surface area contributed by atoms with E-state index in [-0.39, 0.29) is 26.0 Å². The Labute approximate surface area is 227 Å². The molecular formula is C25H27Cl2N3O5S2. The molecule has 0 atom stereocenters. The minimum absolute atomic E-state index is 0.0571. The van der Waals surface area contributed by atoms with Gasteiger partial charge in [0.1, 0.15) is 6.54 Å². The van der Waals surface area contributed by atoms with Gasteiger partial charge in [0.15, 0.2) is 0 Å². The Kier molecular flexibility index (Phi) is 8.48. The van der Waals surface area contributed by atoms with Crippen LogP contribution in [-0.4, -0.2) is 35.5 Å². The molecule has 12 heteroatoms. The summed E-state index contributed by atoms with van der Waals surface area (Å²) in [4.78, 5) is 12.6. The van der Waals surface area contributed by atoms with E-state index < -0.39 is 32.5 Å². The third-order valence-electron chi connectivity index (χ3n) is 5.27. The Hall–Kier alpha value is -2.79. The van der Waals surface area contributed by atoms with Gasteiger partial charge in [-0.05, 0) is 65.6 Å². The first kappa shape index (κ1) is 28.8. The van der Waals surface area contributed by atoms with Gasteiger partial charge in [-0.3, -0.25) is 13.8 Å². The first-order chi connectivity index (χ1) is 17.0. The number of amides is 1. The molecule has 0 unspecified atom stereocenters. The molecule has 0 bridgehead atoms. The predicted octanol–water partition coefficient (Wildman–Crippen LogP) is 5.50. The molecule has 0 saturated carbocycles. The van der Waals surface area contributed by atoms with Gasteiger partial charge in [0.2, 0.25) is 15.9 Å². The highest BCUT2D eigenvalue weighted by molar-refractivity contribution is 7.92. The smallest absolute Gasteiger partial charge is 0.261 e. The van der Waals surface area contributed by atoms with Crippen LogP contribution in [0.3, 0.4) is 0 Å². The van der Waals surface area contributed by atoms with Crippen LogP contribution in [0.25, 0.3) is 0 Å². The molecule has 3 rings (SSSR count). The molecule has 0 aliphatic heterocycles. The van der Waals surface area contributed by atoms with Gasteiger partial charge in [-0.2, -0.15) is 0 Å². The quantitative estimate of drug-likeness (QED) is 0.363. The summed E-state index contributed by atoms with van der Waals surface area (Å²) in [5.41, 5.74) is 1.77. The maximum Gasteiger partial charge on any atom is 0.261 e. The molecule has 0 fully saturated rings. The van der Waals surface area contributed by atoms with E-state index in [2.05, 4.69) is 10.0 Å². The van der Waals surface area contributed by atoms with E-state index in [0.29, 0.717) is 11.4 Å². The average Bonchev–Trinajstić information content (AvgIpc) is 2.75. The summed E-state index contributed by atoms with van der Waals surface area (Å²) in [6, 6.07) is 16.7. The summed E-state index contributed by atoms with van der Waals surface area (Å²) < 4.78 is 53.6. The highest BCUT2D eigenvalue weighted by atomic mass is 35.5. The Balaban J connectivity index is 1.72.